The van der Waals surface area contributed by atoms with Crippen molar-refractivity contribution < 1.29 is 4.74 Å². The fourth-order valence-electron chi connectivity index (χ4n) is 3.73. The zero-order valence-electron chi connectivity index (χ0n) is 16.9. The van der Waals surface area contributed by atoms with Crippen LogP contribution in [0.1, 0.15) is 39.4 Å². The molecule has 0 unspecified atom stereocenters. The summed E-state index contributed by atoms with van der Waals surface area (Å²) in [6.07, 6.45) is 5.45. The van der Waals surface area contributed by atoms with Crippen LogP contribution >= 0.6 is 35.0 Å². The third-order valence-corrected chi connectivity index (χ3v) is 7.13. The third kappa shape index (κ3) is 4.58. The summed E-state index contributed by atoms with van der Waals surface area (Å²) in [5.41, 5.74) is 2.15. The molecule has 0 radical (unpaired) electrons. The number of imidazole rings is 1. The van der Waals surface area contributed by atoms with Gasteiger partial charge in [0.25, 0.3) is 0 Å². The molecule has 0 aliphatic carbocycles. The van der Waals surface area contributed by atoms with Crippen LogP contribution in [0.2, 0.25) is 10.0 Å². The van der Waals surface area contributed by atoms with E-state index in [4.69, 9.17) is 32.9 Å². The highest BCUT2D eigenvalue weighted by Gasteiger charge is 2.25. The van der Waals surface area contributed by atoms with Crippen molar-refractivity contribution in [2.45, 2.75) is 55.4 Å². The zero-order chi connectivity index (χ0) is 20.6. The van der Waals surface area contributed by atoms with E-state index in [2.05, 4.69) is 48.5 Å². The van der Waals surface area contributed by atoms with Gasteiger partial charge < -0.3 is 9.30 Å². The molecule has 4 rings (SSSR count). The smallest absolute Gasteiger partial charge is 0.115 e. The molecule has 2 aromatic heterocycles. The van der Waals surface area contributed by atoms with Gasteiger partial charge in [0.05, 0.1) is 26.0 Å². The second-order valence-corrected chi connectivity index (χ2v) is 10.4. The summed E-state index contributed by atoms with van der Waals surface area (Å²) >= 11 is 14.1. The molecule has 4 nitrogen and oxygen atoms in total. The third-order valence-electron chi connectivity index (χ3n) is 5.20. The summed E-state index contributed by atoms with van der Waals surface area (Å²) in [5, 5.41) is 1.12. The van der Waals surface area contributed by atoms with Gasteiger partial charge in [-0.05, 0) is 37.0 Å². The number of pyridine rings is 1. The Kier molecular flexibility index (Phi) is 6.12. The van der Waals surface area contributed by atoms with Crippen LogP contribution in [0.4, 0.5) is 0 Å². The molecule has 29 heavy (non-hydrogen) atoms. The van der Waals surface area contributed by atoms with Crippen LogP contribution < -0.4 is 0 Å². The van der Waals surface area contributed by atoms with E-state index in [-0.39, 0.29) is 5.41 Å². The standard InChI is InChI=1S/C22H25Cl2N3OS/c1-22(2,3)21-26-18-10-15(29-20-16(23)11-25-12-17(20)24)4-5-19(18)27(21)13-14-6-8-28-9-7-14/h4-5,10-12,14H,6-9,13H2,1-3H3. The van der Waals surface area contributed by atoms with Crippen molar-refractivity contribution >= 4 is 46.0 Å². The second kappa shape index (κ2) is 8.46. The lowest BCUT2D eigenvalue weighted by Crippen LogP contribution is -2.25. The van der Waals surface area contributed by atoms with E-state index in [9.17, 15) is 0 Å². The monoisotopic (exact) mass is 449 g/mol. The first-order valence-electron chi connectivity index (χ1n) is 9.88. The van der Waals surface area contributed by atoms with Crippen LogP contribution in [0.25, 0.3) is 11.0 Å². The number of halogens is 2. The Morgan fingerprint density at radius 3 is 2.48 bits per heavy atom. The van der Waals surface area contributed by atoms with Crippen LogP contribution in [0.15, 0.2) is 40.4 Å². The van der Waals surface area contributed by atoms with Crippen LogP contribution in [0.5, 0.6) is 0 Å². The fourth-order valence-corrected chi connectivity index (χ4v) is 5.17. The molecule has 0 atom stereocenters. The molecule has 1 aliphatic heterocycles. The maximum atomic E-state index is 6.30. The predicted molar refractivity (Wildman–Crippen MR) is 120 cm³/mol. The Bertz CT molecular complexity index is 1000. The zero-order valence-corrected chi connectivity index (χ0v) is 19.2. The van der Waals surface area contributed by atoms with E-state index in [0.717, 1.165) is 53.7 Å². The minimum absolute atomic E-state index is 0.0325. The lowest BCUT2D eigenvalue weighted by molar-refractivity contribution is 0.0611. The highest BCUT2D eigenvalue weighted by Crippen LogP contribution is 2.39. The largest absolute Gasteiger partial charge is 0.381 e. The molecule has 1 aliphatic rings. The molecule has 3 heterocycles. The highest BCUT2D eigenvalue weighted by molar-refractivity contribution is 7.99. The Balaban J connectivity index is 1.71. The second-order valence-electron chi connectivity index (χ2n) is 8.54. The van der Waals surface area contributed by atoms with Gasteiger partial charge in [-0.3, -0.25) is 4.98 Å². The van der Waals surface area contributed by atoms with E-state index in [1.807, 2.05) is 0 Å². The quantitative estimate of drug-likeness (QED) is 0.448. The number of rotatable bonds is 4. The van der Waals surface area contributed by atoms with Crippen molar-refractivity contribution in [2.24, 2.45) is 5.92 Å². The number of fused-ring (bicyclic) bond motifs is 1. The number of hydrogen-bond donors (Lipinski definition) is 0. The van der Waals surface area contributed by atoms with E-state index >= 15 is 0 Å². The van der Waals surface area contributed by atoms with Crippen molar-refractivity contribution in [3.8, 4) is 0 Å². The van der Waals surface area contributed by atoms with Crippen LogP contribution in [0.3, 0.4) is 0 Å². The van der Waals surface area contributed by atoms with Gasteiger partial charge in [0, 0.05) is 42.5 Å². The van der Waals surface area contributed by atoms with E-state index in [1.54, 1.807) is 24.2 Å². The topological polar surface area (TPSA) is 39.9 Å². The Morgan fingerprint density at radius 1 is 1.14 bits per heavy atom. The average Bonchev–Trinajstić information content (AvgIpc) is 3.04. The maximum Gasteiger partial charge on any atom is 0.115 e. The van der Waals surface area contributed by atoms with Gasteiger partial charge in [0.2, 0.25) is 0 Å². The van der Waals surface area contributed by atoms with Crippen molar-refractivity contribution in [3.63, 3.8) is 0 Å². The van der Waals surface area contributed by atoms with E-state index < -0.39 is 0 Å². The predicted octanol–water partition coefficient (Wildman–Crippen LogP) is 6.61. The first kappa shape index (κ1) is 21.0. The van der Waals surface area contributed by atoms with Crippen molar-refractivity contribution in [2.75, 3.05) is 13.2 Å². The van der Waals surface area contributed by atoms with Crippen LogP contribution in [-0.2, 0) is 16.7 Å². The Labute approximate surface area is 186 Å². The van der Waals surface area contributed by atoms with Gasteiger partial charge in [-0.2, -0.15) is 0 Å². The molecular weight excluding hydrogens is 425 g/mol. The summed E-state index contributed by atoms with van der Waals surface area (Å²) in [6.45, 7) is 9.37. The van der Waals surface area contributed by atoms with Crippen molar-refractivity contribution in [1.82, 2.24) is 14.5 Å². The lowest BCUT2D eigenvalue weighted by atomic mass is 9.94. The molecule has 1 fully saturated rings. The summed E-state index contributed by atoms with van der Waals surface area (Å²) in [6, 6.07) is 6.42. The molecule has 0 amide bonds. The number of hydrogen-bond acceptors (Lipinski definition) is 4. The van der Waals surface area contributed by atoms with Crippen LogP contribution in [0, 0.1) is 5.92 Å². The lowest BCUT2D eigenvalue weighted by Gasteiger charge is -2.26. The molecular formula is C22H25Cl2N3OS. The minimum atomic E-state index is -0.0325. The Hall–Kier alpha value is -1.27. The number of aromatic nitrogens is 3. The number of nitrogens with zero attached hydrogens (tertiary/aromatic N) is 3. The fraction of sp³-hybridized carbons (Fsp3) is 0.455. The molecule has 1 saturated heterocycles. The SMILES string of the molecule is CC(C)(C)c1nc2cc(Sc3c(Cl)cncc3Cl)ccc2n1CC1CCOCC1. The van der Waals surface area contributed by atoms with E-state index in [0.29, 0.717) is 16.0 Å². The van der Waals surface area contributed by atoms with Gasteiger partial charge in [0.15, 0.2) is 0 Å². The van der Waals surface area contributed by atoms with Gasteiger partial charge in [-0.1, -0.05) is 55.7 Å². The summed E-state index contributed by atoms with van der Waals surface area (Å²) in [4.78, 5) is 10.9. The normalized spacial score (nSPS) is 15.9. The van der Waals surface area contributed by atoms with Crippen LogP contribution in [-0.4, -0.2) is 27.7 Å². The van der Waals surface area contributed by atoms with Crippen molar-refractivity contribution in [3.05, 3.63) is 46.5 Å². The number of ether oxygens (including phenoxy) is 1. The maximum absolute atomic E-state index is 6.30. The minimum Gasteiger partial charge on any atom is -0.381 e. The Morgan fingerprint density at radius 2 is 1.83 bits per heavy atom. The first-order chi connectivity index (χ1) is 13.8. The molecule has 0 spiro atoms. The van der Waals surface area contributed by atoms with Gasteiger partial charge in [-0.25, -0.2) is 4.98 Å². The summed E-state index contributed by atoms with van der Waals surface area (Å²) in [7, 11) is 0. The molecule has 154 valence electrons. The molecule has 7 heteroatoms. The summed E-state index contributed by atoms with van der Waals surface area (Å²) in [5.74, 6) is 1.76. The first-order valence-corrected chi connectivity index (χ1v) is 11.5. The molecule has 0 bridgehead atoms. The molecule has 3 aromatic rings. The molecule has 0 saturated carbocycles. The average molecular weight is 450 g/mol. The molecule has 1 aromatic carbocycles. The van der Waals surface area contributed by atoms with Gasteiger partial charge >= 0.3 is 0 Å². The molecule has 0 N–H and O–H groups in total. The summed E-state index contributed by atoms with van der Waals surface area (Å²) < 4.78 is 7.95. The van der Waals surface area contributed by atoms with Gasteiger partial charge in [0.1, 0.15) is 5.82 Å². The van der Waals surface area contributed by atoms with Gasteiger partial charge in [-0.15, -0.1) is 0 Å². The highest BCUT2D eigenvalue weighted by atomic mass is 35.5. The van der Waals surface area contributed by atoms with Crippen molar-refractivity contribution in [1.29, 1.82) is 0 Å². The number of benzene rings is 1. The van der Waals surface area contributed by atoms with E-state index in [1.165, 1.54) is 5.52 Å².